The number of urea groups is 1. The van der Waals surface area contributed by atoms with Gasteiger partial charge >= 0.3 is 12.2 Å². The van der Waals surface area contributed by atoms with Crippen LogP contribution < -0.4 is 10.6 Å². The summed E-state index contributed by atoms with van der Waals surface area (Å²) in [5.41, 5.74) is 0. The van der Waals surface area contributed by atoms with E-state index in [4.69, 9.17) is 5.11 Å². The third kappa shape index (κ3) is 4.80. The van der Waals surface area contributed by atoms with Crippen LogP contribution in [-0.4, -0.2) is 36.5 Å². The van der Waals surface area contributed by atoms with E-state index in [1.54, 1.807) is 0 Å². The molecule has 2 atom stereocenters. The number of aliphatic hydroxyl groups excluding tert-OH is 1. The molecule has 0 aromatic rings. The Hall–Kier alpha value is -0.980. The Balaban J connectivity index is 2.37. The summed E-state index contributed by atoms with van der Waals surface area (Å²) >= 11 is 0. The molecule has 0 spiro atoms. The van der Waals surface area contributed by atoms with Crippen molar-refractivity contribution in [3.05, 3.63) is 0 Å². The first-order valence-corrected chi connectivity index (χ1v) is 5.65. The highest BCUT2D eigenvalue weighted by molar-refractivity contribution is 5.74. The molecule has 1 saturated carbocycles. The first-order valence-electron chi connectivity index (χ1n) is 5.65. The van der Waals surface area contributed by atoms with Crippen molar-refractivity contribution in [2.45, 2.75) is 37.9 Å². The zero-order valence-corrected chi connectivity index (χ0v) is 9.39. The van der Waals surface area contributed by atoms with Crippen molar-refractivity contribution in [3.63, 3.8) is 0 Å². The Morgan fingerprint density at radius 2 is 2.06 bits per heavy atom. The maximum Gasteiger partial charge on any atom is 0.391 e. The van der Waals surface area contributed by atoms with Crippen molar-refractivity contribution in [2.75, 3.05) is 13.2 Å². The summed E-state index contributed by atoms with van der Waals surface area (Å²) in [6.45, 7) is -0.0927. The van der Waals surface area contributed by atoms with Crippen LogP contribution in [0.4, 0.5) is 18.0 Å². The van der Waals surface area contributed by atoms with Crippen LogP contribution in [0.5, 0.6) is 0 Å². The molecule has 1 aliphatic rings. The van der Waals surface area contributed by atoms with E-state index in [0.717, 1.165) is 0 Å². The van der Waals surface area contributed by atoms with Crippen LogP contribution in [0, 0.1) is 5.92 Å². The van der Waals surface area contributed by atoms with Crippen LogP contribution in [0.2, 0.25) is 0 Å². The van der Waals surface area contributed by atoms with Crippen LogP contribution in [0.15, 0.2) is 0 Å². The quantitative estimate of drug-likeness (QED) is 0.713. The Bertz CT molecular complexity index is 258. The molecule has 4 nitrogen and oxygen atoms in total. The summed E-state index contributed by atoms with van der Waals surface area (Å²) in [4.78, 5) is 11.2. The standard InChI is InChI=1S/C10H17F3N2O2/c11-10(12,13)7-2-1-3-8(6-7)15-9(17)14-4-5-16/h7-8,16H,1-6H2,(H2,14,15,17). The Kier molecular flexibility index (Phi) is 5.04. The van der Waals surface area contributed by atoms with E-state index in [9.17, 15) is 18.0 Å². The number of hydrogen-bond acceptors (Lipinski definition) is 2. The molecule has 2 unspecified atom stereocenters. The van der Waals surface area contributed by atoms with Gasteiger partial charge in [-0.15, -0.1) is 0 Å². The van der Waals surface area contributed by atoms with Crippen molar-refractivity contribution in [1.29, 1.82) is 0 Å². The summed E-state index contributed by atoms with van der Waals surface area (Å²) in [7, 11) is 0. The number of nitrogens with one attached hydrogen (secondary N) is 2. The van der Waals surface area contributed by atoms with Crippen molar-refractivity contribution in [2.24, 2.45) is 5.92 Å². The number of aliphatic hydroxyl groups is 1. The predicted octanol–water partition coefficient (Wildman–Crippen LogP) is 1.40. The topological polar surface area (TPSA) is 61.4 Å². The molecule has 0 radical (unpaired) electrons. The van der Waals surface area contributed by atoms with Crippen molar-refractivity contribution in [1.82, 2.24) is 10.6 Å². The Morgan fingerprint density at radius 1 is 1.35 bits per heavy atom. The number of carbonyl (C=O) groups excluding carboxylic acids is 1. The van der Waals surface area contributed by atoms with E-state index in [1.807, 2.05) is 0 Å². The lowest BCUT2D eigenvalue weighted by Crippen LogP contribution is -2.46. The summed E-state index contributed by atoms with van der Waals surface area (Å²) in [6, 6.07) is -0.957. The van der Waals surface area contributed by atoms with Crippen LogP contribution in [0.1, 0.15) is 25.7 Å². The molecule has 0 aromatic heterocycles. The fourth-order valence-electron chi connectivity index (χ4n) is 2.02. The second-order valence-corrected chi connectivity index (χ2v) is 4.23. The van der Waals surface area contributed by atoms with E-state index in [-0.39, 0.29) is 26.0 Å². The van der Waals surface area contributed by atoms with Gasteiger partial charge in [0, 0.05) is 12.6 Å². The van der Waals surface area contributed by atoms with E-state index in [1.165, 1.54) is 0 Å². The average Bonchev–Trinajstić information content (AvgIpc) is 2.25. The molecule has 3 N–H and O–H groups in total. The first kappa shape index (κ1) is 14.1. The molecule has 2 amide bonds. The lowest BCUT2D eigenvalue weighted by Gasteiger charge is -2.30. The maximum absolute atomic E-state index is 12.5. The van der Waals surface area contributed by atoms with E-state index >= 15 is 0 Å². The molecule has 1 rings (SSSR count). The molecule has 7 heteroatoms. The minimum atomic E-state index is -4.18. The highest BCUT2D eigenvalue weighted by atomic mass is 19.4. The third-order valence-corrected chi connectivity index (χ3v) is 2.87. The lowest BCUT2D eigenvalue weighted by atomic mass is 9.85. The molecule has 1 aliphatic carbocycles. The second-order valence-electron chi connectivity index (χ2n) is 4.23. The van der Waals surface area contributed by atoms with Gasteiger partial charge < -0.3 is 15.7 Å². The molecular formula is C10H17F3N2O2. The van der Waals surface area contributed by atoms with Crippen molar-refractivity contribution < 1.29 is 23.1 Å². The molecule has 0 saturated heterocycles. The molecular weight excluding hydrogens is 237 g/mol. The third-order valence-electron chi connectivity index (χ3n) is 2.87. The predicted molar refractivity (Wildman–Crippen MR) is 55.4 cm³/mol. The number of alkyl halides is 3. The summed E-state index contributed by atoms with van der Waals surface area (Å²) in [6.07, 6.45) is -3.06. The van der Waals surface area contributed by atoms with Gasteiger partial charge in [-0.25, -0.2) is 4.79 Å². The van der Waals surface area contributed by atoms with Crippen LogP contribution in [0.3, 0.4) is 0 Å². The fraction of sp³-hybridized carbons (Fsp3) is 0.900. The van der Waals surface area contributed by atoms with Crippen LogP contribution >= 0.6 is 0 Å². The van der Waals surface area contributed by atoms with Gasteiger partial charge in [0.25, 0.3) is 0 Å². The number of amides is 2. The summed E-state index contributed by atoms with van der Waals surface area (Å²) in [5.74, 6) is -1.32. The Morgan fingerprint density at radius 3 is 2.65 bits per heavy atom. The first-order chi connectivity index (χ1) is 7.93. The van der Waals surface area contributed by atoms with Gasteiger partial charge in [-0.3, -0.25) is 0 Å². The minimum absolute atomic E-state index is 0.0595. The SMILES string of the molecule is O=C(NCCO)NC1CCCC(C(F)(F)F)C1. The van der Waals surface area contributed by atoms with E-state index < -0.39 is 24.2 Å². The lowest BCUT2D eigenvalue weighted by molar-refractivity contribution is -0.183. The zero-order chi connectivity index (χ0) is 12.9. The maximum atomic E-state index is 12.5. The molecule has 0 bridgehead atoms. The zero-order valence-electron chi connectivity index (χ0n) is 9.39. The Labute approximate surface area is 97.6 Å². The molecule has 0 aromatic carbocycles. The molecule has 17 heavy (non-hydrogen) atoms. The fourth-order valence-corrected chi connectivity index (χ4v) is 2.02. The second kappa shape index (κ2) is 6.09. The van der Waals surface area contributed by atoms with E-state index in [2.05, 4.69) is 10.6 Å². The monoisotopic (exact) mass is 254 g/mol. The van der Waals surface area contributed by atoms with Gasteiger partial charge in [-0.05, 0) is 19.3 Å². The number of hydrogen-bond donors (Lipinski definition) is 3. The highest BCUT2D eigenvalue weighted by Crippen LogP contribution is 2.37. The molecule has 0 aliphatic heterocycles. The van der Waals surface area contributed by atoms with Crippen LogP contribution in [-0.2, 0) is 0 Å². The molecule has 0 heterocycles. The van der Waals surface area contributed by atoms with Gasteiger partial charge in [0.15, 0.2) is 0 Å². The number of halogens is 3. The number of carbonyl (C=O) groups is 1. The van der Waals surface area contributed by atoms with Crippen LogP contribution in [0.25, 0.3) is 0 Å². The van der Waals surface area contributed by atoms with Gasteiger partial charge in [0.05, 0.1) is 12.5 Å². The molecule has 100 valence electrons. The smallest absolute Gasteiger partial charge is 0.391 e. The van der Waals surface area contributed by atoms with Crippen molar-refractivity contribution >= 4 is 6.03 Å². The van der Waals surface area contributed by atoms with Crippen molar-refractivity contribution in [3.8, 4) is 0 Å². The minimum Gasteiger partial charge on any atom is -0.395 e. The number of rotatable bonds is 3. The average molecular weight is 254 g/mol. The van der Waals surface area contributed by atoms with Gasteiger partial charge in [-0.1, -0.05) is 6.42 Å². The summed E-state index contributed by atoms with van der Waals surface area (Å²) in [5, 5.41) is 13.3. The summed E-state index contributed by atoms with van der Waals surface area (Å²) < 4.78 is 37.5. The highest BCUT2D eigenvalue weighted by Gasteiger charge is 2.42. The largest absolute Gasteiger partial charge is 0.395 e. The van der Waals surface area contributed by atoms with E-state index in [0.29, 0.717) is 12.8 Å². The van der Waals surface area contributed by atoms with Gasteiger partial charge in [0.1, 0.15) is 0 Å². The van der Waals surface area contributed by atoms with Gasteiger partial charge in [-0.2, -0.15) is 13.2 Å². The normalized spacial score (nSPS) is 25.4. The molecule has 1 fully saturated rings. The van der Waals surface area contributed by atoms with Gasteiger partial charge in [0.2, 0.25) is 0 Å².